The van der Waals surface area contributed by atoms with Gasteiger partial charge in [-0.05, 0) is 44.2 Å². The number of carbonyl (C=O) groups is 1. The highest BCUT2D eigenvalue weighted by Gasteiger charge is 2.57. The lowest BCUT2D eigenvalue weighted by Crippen LogP contribution is -2.40. The second-order valence-electron chi connectivity index (χ2n) is 8.78. The summed E-state index contributed by atoms with van der Waals surface area (Å²) < 4.78 is 7.38. The highest BCUT2D eigenvalue weighted by Crippen LogP contribution is 2.50. The fraction of sp³-hybridized carbons (Fsp3) is 0.636. The minimum absolute atomic E-state index is 0.141. The number of imidazole rings is 1. The van der Waals surface area contributed by atoms with Gasteiger partial charge < -0.3 is 14.2 Å². The average Bonchev–Trinajstić information content (AvgIpc) is 3.45. The molecule has 0 aromatic carbocycles. The van der Waals surface area contributed by atoms with Crippen molar-refractivity contribution in [3.63, 3.8) is 0 Å². The van der Waals surface area contributed by atoms with E-state index in [0.29, 0.717) is 19.2 Å². The number of hydrogen-bond acceptors (Lipinski definition) is 5. The third kappa shape index (κ3) is 3.76. The summed E-state index contributed by atoms with van der Waals surface area (Å²) in [6.45, 7) is 11.2. The van der Waals surface area contributed by atoms with Gasteiger partial charge in [0.25, 0.3) is 0 Å². The molecule has 2 saturated heterocycles. The van der Waals surface area contributed by atoms with Crippen molar-refractivity contribution in [2.45, 2.75) is 45.7 Å². The third-order valence-electron chi connectivity index (χ3n) is 6.63. The Morgan fingerprint density at radius 1 is 1.41 bits per heavy atom. The van der Waals surface area contributed by atoms with E-state index in [1.165, 1.54) is 10.4 Å². The highest BCUT2D eigenvalue weighted by atomic mass is 32.1. The Kier molecular flexibility index (Phi) is 5.82. The number of likely N-dealkylation sites (tertiary alicyclic amines) is 2. The quantitative estimate of drug-likeness (QED) is 0.695. The Hall–Kier alpha value is -1.70. The van der Waals surface area contributed by atoms with E-state index >= 15 is 0 Å². The molecule has 158 valence electrons. The van der Waals surface area contributed by atoms with E-state index in [9.17, 15) is 4.79 Å². The van der Waals surface area contributed by atoms with Crippen LogP contribution in [-0.4, -0.2) is 65.2 Å². The van der Waals surface area contributed by atoms with Gasteiger partial charge in [-0.25, -0.2) is 4.98 Å². The highest BCUT2D eigenvalue weighted by molar-refractivity contribution is 7.10. The molecular formula is C22H32N4O2S. The van der Waals surface area contributed by atoms with Crippen LogP contribution in [0, 0.1) is 12.3 Å². The van der Waals surface area contributed by atoms with Crippen molar-refractivity contribution >= 4 is 17.2 Å². The smallest absolute Gasteiger partial charge is 0.230 e. The minimum Gasteiger partial charge on any atom is -0.383 e. The summed E-state index contributed by atoms with van der Waals surface area (Å²) in [7, 11) is 1.69. The molecule has 0 N–H and O–H groups in total. The lowest BCUT2D eigenvalue weighted by Gasteiger charge is -2.28. The van der Waals surface area contributed by atoms with Crippen molar-refractivity contribution in [3.8, 4) is 0 Å². The number of thiophene rings is 1. The molecule has 29 heavy (non-hydrogen) atoms. The lowest BCUT2D eigenvalue weighted by molar-refractivity contribution is -0.136. The second kappa shape index (κ2) is 8.20. The molecule has 1 spiro atoms. The topological polar surface area (TPSA) is 50.6 Å². The van der Waals surface area contributed by atoms with Gasteiger partial charge >= 0.3 is 0 Å². The second-order valence-corrected chi connectivity index (χ2v) is 9.78. The van der Waals surface area contributed by atoms with Crippen LogP contribution in [0.5, 0.6) is 0 Å². The number of ether oxygens (including phenoxy) is 1. The van der Waals surface area contributed by atoms with Crippen LogP contribution in [0.3, 0.4) is 0 Å². The zero-order valence-electron chi connectivity index (χ0n) is 17.9. The number of rotatable bonds is 7. The van der Waals surface area contributed by atoms with Crippen LogP contribution in [0.1, 0.15) is 48.4 Å². The van der Waals surface area contributed by atoms with E-state index in [2.05, 4.69) is 47.9 Å². The Bertz CT molecular complexity index is 861. The van der Waals surface area contributed by atoms with Gasteiger partial charge in [0.1, 0.15) is 0 Å². The fourth-order valence-corrected chi connectivity index (χ4v) is 5.78. The van der Waals surface area contributed by atoms with E-state index in [1.807, 2.05) is 22.6 Å². The largest absolute Gasteiger partial charge is 0.383 e. The van der Waals surface area contributed by atoms with Crippen LogP contribution < -0.4 is 0 Å². The Morgan fingerprint density at radius 3 is 2.90 bits per heavy atom. The van der Waals surface area contributed by atoms with E-state index in [1.54, 1.807) is 7.11 Å². The maximum atomic E-state index is 13.6. The van der Waals surface area contributed by atoms with Crippen LogP contribution >= 0.6 is 11.3 Å². The molecule has 7 heteroatoms. The third-order valence-corrected chi connectivity index (χ3v) is 7.64. The van der Waals surface area contributed by atoms with Crippen molar-refractivity contribution in [3.05, 3.63) is 40.1 Å². The predicted octanol–water partition coefficient (Wildman–Crippen LogP) is 3.30. The van der Waals surface area contributed by atoms with Crippen LogP contribution in [0.4, 0.5) is 0 Å². The first-order valence-electron chi connectivity index (χ1n) is 10.5. The molecule has 2 aliphatic heterocycles. The monoisotopic (exact) mass is 416 g/mol. The Labute approximate surface area is 177 Å². The number of amides is 1. The van der Waals surface area contributed by atoms with Crippen LogP contribution in [-0.2, 0) is 16.1 Å². The fourth-order valence-electron chi connectivity index (χ4n) is 4.83. The molecule has 1 amide bonds. The minimum atomic E-state index is -0.366. The number of hydrogen-bond donors (Lipinski definition) is 0. The van der Waals surface area contributed by atoms with Gasteiger partial charge in [-0.1, -0.05) is 0 Å². The first kappa shape index (κ1) is 20.6. The van der Waals surface area contributed by atoms with Gasteiger partial charge in [-0.15, -0.1) is 11.3 Å². The number of methoxy groups -OCH3 is 1. The first-order chi connectivity index (χ1) is 13.9. The molecule has 0 bridgehead atoms. The number of carbonyl (C=O) groups excluding carboxylic acids is 1. The molecule has 0 saturated carbocycles. The normalized spacial score (nSPS) is 25.2. The Morgan fingerprint density at radius 2 is 2.24 bits per heavy atom. The molecule has 0 radical (unpaired) electrons. The average molecular weight is 417 g/mol. The Balaban J connectivity index is 1.62. The molecule has 2 atom stereocenters. The molecule has 4 rings (SSSR count). The van der Waals surface area contributed by atoms with Crippen molar-refractivity contribution in [2.24, 2.45) is 5.41 Å². The van der Waals surface area contributed by atoms with Gasteiger partial charge in [0.15, 0.2) is 0 Å². The summed E-state index contributed by atoms with van der Waals surface area (Å²) in [5, 5.41) is 2.16. The van der Waals surface area contributed by atoms with Gasteiger partial charge in [0.05, 0.1) is 24.0 Å². The van der Waals surface area contributed by atoms with E-state index < -0.39 is 0 Å². The predicted molar refractivity (Wildman–Crippen MR) is 115 cm³/mol. The molecule has 2 aromatic rings. The van der Waals surface area contributed by atoms with Gasteiger partial charge in [-0.3, -0.25) is 9.69 Å². The van der Waals surface area contributed by atoms with Crippen LogP contribution in [0.2, 0.25) is 0 Å². The standard InChI is InChI=1S/C22H32N4O2S/c1-16(2)26-12-19(23-15-26)18-11-24(13-20-17(3)5-10-29-20)14-22(18)6-7-25(21(22)27)8-9-28-4/h5,10,12,15-16,18H,6-9,11,13-14H2,1-4H3/t18-,22-/m0/s1. The SMILES string of the molecule is COCCN1CC[C@@]2(CN(Cc3sccc3C)C[C@H]2c2cn(C(C)C)cn2)C1=O. The molecule has 2 aliphatic rings. The van der Waals surface area contributed by atoms with Crippen LogP contribution in [0.25, 0.3) is 0 Å². The maximum absolute atomic E-state index is 13.6. The molecule has 0 aliphatic carbocycles. The van der Waals surface area contributed by atoms with E-state index in [-0.39, 0.29) is 17.2 Å². The van der Waals surface area contributed by atoms with Gasteiger partial charge in [0, 0.05) is 62.9 Å². The molecule has 6 nitrogen and oxygen atoms in total. The molecule has 0 unspecified atom stereocenters. The van der Waals surface area contributed by atoms with Crippen molar-refractivity contribution < 1.29 is 9.53 Å². The van der Waals surface area contributed by atoms with Crippen molar-refractivity contribution in [1.82, 2.24) is 19.4 Å². The summed E-state index contributed by atoms with van der Waals surface area (Å²) >= 11 is 1.81. The summed E-state index contributed by atoms with van der Waals surface area (Å²) in [4.78, 5) is 24.2. The first-order valence-corrected chi connectivity index (χ1v) is 11.4. The summed E-state index contributed by atoms with van der Waals surface area (Å²) in [6.07, 6.45) is 4.97. The van der Waals surface area contributed by atoms with E-state index in [4.69, 9.17) is 9.72 Å². The van der Waals surface area contributed by atoms with Crippen molar-refractivity contribution in [2.75, 3.05) is 39.9 Å². The summed E-state index contributed by atoms with van der Waals surface area (Å²) in [5.74, 6) is 0.423. The zero-order chi connectivity index (χ0) is 20.6. The van der Waals surface area contributed by atoms with E-state index in [0.717, 1.165) is 38.3 Å². The summed E-state index contributed by atoms with van der Waals surface area (Å²) in [5.41, 5.74) is 2.04. The van der Waals surface area contributed by atoms with Gasteiger partial charge in [-0.2, -0.15) is 0 Å². The lowest BCUT2D eigenvalue weighted by atomic mass is 9.75. The molecule has 2 aromatic heterocycles. The molecular weight excluding hydrogens is 384 g/mol. The molecule has 4 heterocycles. The maximum Gasteiger partial charge on any atom is 0.230 e. The number of aromatic nitrogens is 2. The van der Waals surface area contributed by atoms with Gasteiger partial charge in [0.2, 0.25) is 5.91 Å². The summed E-state index contributed by atoms with van der Waals surface area (Å²) in [6, 6.07) is 2.55. The number of aryl methyl sites for hydroxylation is 1. The number of nitrogens with zero attached hydrogens (tertiary/aromatic N) is 4. The van der Waals surface area contributed by atoms with Crippen molar-refractivity contribution in [1.29, 1.82) is 0 Å². The zero-order valence-corrected chi connectivity index (χ0v) is 18.7. The molecule has 2 fully saturated rings. The van der Waals surface area contributed by atoms with Crippen LogP contribution in [0.15, 0.2) is 24.0 Å².